The third kappa shape index (κ3) is 3.56. The van der Waals surface area contributed by atoms with E-state index >= 15 is 0 Å². The number of carbonyl (C=O) groups excluding carboxylic acids is 2. The van der Waals surface area contributed by atoms with Crippen LogP contribution in [0, 0.1) is 5.92 Å². The Morgan fingerprint density at radius 3 is 2.23 bits per heavy atom. The summed E-state index contributed by atoms with van der Waals surface area (Å²) in [5.74, 6) is -11.0. The molecule has 142 valence electrons. The van der Waals surface area contributed by atoms with Crippen LogP contribution in [0.25, 0.3) is 0 Å². The molecule has 1 aromatic rings. The normalized spacial score (nSPS) is 25.7. The molecular weight excluding hydrogens is 425 g/mol. The van der Waals surface area contributed by atoms with Crippen LogP contribution < -0.4 is 0 Å². The maximum Gasteiger partial charge on any atom is 0.456 e. The smallest absolute Gasteiger partial charge is 0.456 e. The maximum absolute atomic E-state index is 13.6. The van der Waals surface area contributed by atoms with Crippen LogP contribution in [0.15, 0.2) is 40.6 Å². The van der Waals surface area contributed by atoms with Gasteiger partial charge in [0.1, 0.15) is 5.92 Å². The molecule has 0 fully saturated rings. The molecule has 0 spiro atoms. The summed E-state index contributed by atoms with van der Waals surface area (Å²) in [5, 5.41) is 10.3. The summed E-state index contributed by atoms with van der Waals surface area (Å²) in [6.45, 7) is 0. The molecule has 6 nitrogen and oxygen atoms in total. The number of halogens is 4. The number of benzene rings is 1. The number of rotatable bonds is 3. The lowest BCUT2D eigenvalue weighted by Crippen LogP contribution is -2.59. The van der Waals surface area contributed by atoms with Crippen LogP contribution in [-0.2, 0) is 23.8 Å². The number of esters is 2. The predicted octanol–water partition coefficient (Wildman–Crippen LogP) is 2.66. The van der Waals surface area contributed by atoms with Gasteiger partial charge in [-0.2, -0.15) is 13.2 Å². The first-order valence-corrected chi connectivity index (χ1v) is 7.96. The lowest BCUT2D eigenvalue weighted by molar-refractivity contribution is -0.375. The fraction of sp³-hybridized carbons (Fsp3) is 0.375. The van der Waals surface area contributed by atoms with Gasteiger partial charge in [0.25, 0.3) is 0 Å². The largest absolute Gasteiger partial charge is 0.469 e. The first-order chi connectivity index (χ1) is 12.0. The topological polar surface area (TPSA) is 82.1 Å². The SMILES string of the molecule is COC(=O)C1=C[C@@H](c2ccc(Br)cc2)[C@H](C(=O)OC)[C@@](O)(C(F)(F)F)O1. The Hall–Kier alpha value is -2.07. The van der Waals surface area contributed by atoms with E-state index in [1.807, 2.05) is 0 Å². The van der Waals surface area contributed by atoms with E-state index in [4.69, 9.17) is 0 Å². The molecule has 0 saturated heterocycles. The van der Waals surface area contributed by atoms with Crippen LogP contribution in [0.1, 0.15) is 11.5 Å². The second-order valence-corrected chi connectivity index (χ2v) is 6.31. The van der Waals surface area contributed by atoms with E-state index in [1.165, 1.54) is 24.3 Å². The third-order valence-corrected chi connectivity index (χ3v) is 4.41. The van der Waals surface area contributed by atoms with Crippen LogP contribution in [0.5, 0.6) is 0 Å². The molecule has 10 heteroatoms. The zero-order chi connectivity index (χ0) is 19.7. The van der Waals surface area contributed by atoms with Gasteiger partial charge in [-0.1, -0.05) is 28.1 Å². The zero-order valence-electron chi connectivity index (χ0n) is 13.5. The molecular formula is C16H14BrF3O6. The molecule has 0 amide bonds. The molecule has 1 aromatic carbocycles. The monoisotopic (exact) mass is 438 g/mol. The predicted molar refractivity (Wildman–Crippen MR) is 84.6 cm³/mol. The van der Waals surface area contributed by atoms with Gasteiger partial charge in [0.05, 0.1) is 14.2 Å². The van der Waals surface area contributed by atoms with Crippen molar-refractivity contribution < 1.29 is 42.1 Å². The molecule has 0 saturated carbocycles. The maximum atomic E-state index is 13.6. The highest BCUT2D eigenvalue weighted by Gasteiger charge is 2.68. The van der Waals surface area contributed by atoms with Crippen molar-refractivity contribution in [3.63, 3.8) is 0 Å². The third-order valence-electron chi connectivity index (χ3n) is 3.88. The van der Waals surface area contributed by atoms with Crippen molar-refractivity contribution >= 4 is 27.9 Å². The highest BCUT2D eigenvalue weighted by Crippen LogP contribution is 2.49. The minimum absolute atomic E-state index is 0.232. The van der Waals surface area contributed by atoms with E-state index in [1.54, 1.807) is 0 Å². The van der Waals surface area contributed by atoms with Crippen molar-refractivity contribution in [3.05, 3.63) is 46.1 Å². The number of aliphatic hydroxyl groups is 1. The quantitative estimate of drug-likeness (QED) is 0.730. The lowest BCUT2D eigenvalue weighted by Gasteiger charge is -2.42. The van der Waals surface area contributed by atoms with E-state index in [2.05, 4.69) is 30.1 Å². The van der Waals surface area contributed by atoms with Crippen molar-refractivity contribution in [2.45, 2.75) is 17.9 Å². The summed E-state index contributed by atoms with van der Waals surface area (Å²) in [7, 11) is 1.83. The van der Waals surface area contributed by atoms with Crippen molar-refractivity contribution in [2.75, 3.05) is 14.2 Å². The average molecular weight is 439 g/mol. The summed E-state index contributed by atoms with van der Waals surface area (Å²) in [6.07, 6.45) is -4.40. The van der Waals surface area contributed by atoms with E-state index in [0.717, 1.165) is 20.3 Å². The number of methoxy groups -OCH3 is 2. The van der Waals surface area contributed by atoms with Gasteiger partial charge in [-0.05, 0) is 23.8 Å². The first-order valence-electron chi connectivity index (χ1n) is 7.16. The van der Waals surface area contributed by atoms with Gasteiger partial charge in [0, 0.05) is 10.4 Å². The van der Waals surface area contributed by atoms with E-state index in [0.29, 0.717) is 4.47 Å². The molecule has 0 unspecified atom stereocenters. The molecule has 0 aliphatic carbocycles. The Bertz CT molecular complexity index is 730. The van der Waals surface area contributed by atoms with Crippen molar-refractivity contribution in [3.8, 4) is 0 Å². The number of hydrogen-bond donors (Lipinski definition) is 1. The van der Waals surface area contributed by atoms with Gasteiger partial charge >= 0.3 is 23.9 Å². The van der Waals surface area contributed by atoms with Crippen LogP contribution in [0.3, 0.4) is 0 Å². The number of allylic oxidation sites excluding steroid dienone is 1. The first kappa shape index (κ1) is 20.2. The molecule has 1 aliphatic heterocycles. The summed E-state index contributed by atoms with van der Waals surface area (Å²) >= 11 is 3.19. The van der Waals surface area contributed by atoms with Gasteiger partial charge in [-0.25, -0.2) is 4.79 Å². The molecule has 0 aromatic heterocycles. The summed E-state index contributed by atoms with van der Waals surface area (Å²) in [6, 6.07) is 5.96. The van der Waals surface area contributed by atoms with E-state index in [9.17, 15) is 27.9 Å². The fourth-order valence-electron chi connectivity index (χ4n) is 2.62. The van der Waals surface area contributed by atoms with Gasteiger partial charge in [0.2, 0.25) is 5.76 Å². The fourth-order valence-corrected chi connectivity index (χ4v) is 2.88. The molecule has 1 heterocycles. The Kier molecular flexibility index (Phi) is 5.67. The molecule has 1 N–H and O–H groups in total. The van der Waals surface area contributed by atoms with Gasteiger partial charge < -0.3 is 19.3 Å². The molecule has 26 heavy (non-hydrogen) atoms. The van der Waals surface area contributed by atoms with Gasteiger partial charge in [-0.15, -0.1) is 0 Å². The average Bonchev–Trinajstić information content (AvgIpc) is 2.59. The summed E-state index contributed by atoms with van der Waals surface area (Å²) < 4.78 is 54.8. The van der Waals surface area contributed by atoms with E-state index < -0.39 is 41.5 Å². The molecule has 2 rings (SSSR count). The van der Waals surface area contributed by atoms with Crippen LogP contribution in [0.4, 0.5) is 13.2 Å². The number of carbonyl (C=O) groups is 2. The number of ether oxygens (including phenoxy) is 3. The molecule has 0 bridgehead atoms. The standard InChI is InChI=1S/C16H14BrF3O6/c1-24-13(21)11-7-10(8-3-5-9(17)6-4-8)12(14(22)25-2)15(23,26-11)16(18,19)20/h3-7,10,12,23H,1-2H3/t10-,12+,15-/m0/s1. The van der Waals surface area contributed by atoms with Crippen LogP contribution >= 0.6 is 15.9 Å². The second-order valence-electron chi connectivity index (χ2n) is 5.40. The van der Waals surface area contributed by atoms with Crippen molar-refractivity contribution in [1.29, 1.82) is 0 Å². The highest BCUT2D eigenvalue weighted by atomic mass is 79.9. The van der Waals surface area contributed by atoms with Crippen LogP contribution in [-0.4, -0.2) is 43.2 Å². The minimum Gasteiger partial charge on any atom is -0.469 e. The Morgan fingerprint density at radius 2 is 1.77 bits per heavy atom. The number of alkyl halides is 3. The Balaban J connectivity index is 2.70. The molecule has 3 atom stereocenters. The molecule has 0 radical (unpaired) electrons. The van der Waals surface area contributed by atoms with Crippen LogP contribution in [0.2, 0.25) is 0 Å². The minimum atomic E-state index is -5.40. The highest BCUT2D eigenvalue weighted by molar-refractivity contribution is 9.10. The van der Waals surface area contributed by atoms with Crippen molar-refractivity contribution in [2.24, 2.45) is 5.92 Å². The Morgan fingerprint density at radius 1 is 1.19 bits per heavy atom. The number of hydrogen-bond acceptors (Lipinski definition) is 6. The summed E-state index contributed by atoms with van der Waals surface area (Å²) in [5.41, 5.74) is 0.232. The van der Waals surface area contributed by atoms with E-state index in [-0.39, 0.29) is 5.56 Å². The zero-order valence-corrected chi connectivity index (χ0v) is 15.1. The van der Waals surface area contributed by atoms with Gasteiger partial charge in [0.15, 0.2) is 0 Å². The van der Waals surface area contributed by atoms with Crippen molar-refractivity contribution in [1.82, 2.24) is 0 Å². The van der Waals surface area contributed by atoms with Gasteiger partial charge in [-0.3, -0.25) is 4.79 Å². The molecule has 1 aliphatic rings. The Labute approximate surface area is 154 Å². The second kappa shape index (κ2) is 7.28. The summed E-state index contributed by atoms with van der Waals surface area (Å²) in [4.78, 5) is 23.8. The lowest BCUT2D eigenvalue weighted by atomic mass is 9.78.